The predicted molar refractivity (Wildman–Crippen MR) is 90.2 cm³/mol. The highest BCUT2D eigenvalue weighted by Crippen LogP contribution is 2.33. The molecule has 118 valence electrons. The molecular weight excluding hydrogens is 284 g/mol. The lowest BCUT2D eigenvalue weighted by molar-refractivity contribution is 0.0643. The standard InChI is InChI=1S/C17H27ClN2O/c1-13(2)10-19-11-14-15(18)6-5-7-16(14)20-8-9-21-12-17(20,3)4/h5-7,13,19H,8-12H2,1-4H3. The molecule has 0 unspecified atom stereocenters. The van der Waals surface area contributed by atoms with Crippen LogP contribution in [0.25, 0.3) is 0 Å². The van der Waals surface area contributed by atoms with Crippen molar-refractivity contribution >= 4 is 17.3 Å². The summed E-state index contributed by atoms with van der Waals surface area (Å²) >= 11 is 6.46. The van der Waals surface area contributed by atoms with E-state index in [9.17, 15) is 0 Å². The summed E-state index contributed by atoms with van der Waals surface area (Å²) in [4.78, 5) is 2.43. The molecule has 0 aromatic heterocycles. The molecule has 1 aliphatic heterocycles. The van der Waals surface area contributed by atoms with Gasteiger partial charge in [-0.3, -0.25) is 0 Å². The molecule has 0 bridgehead atoms. The number of hydrogen-bond acceptors (Lipinski definition) is 3. The molecule has 1 aliphatic rings. The van der Waals surface area contributed by atoms with Gasteiger partial charge >= 0.3 is 0 Å². The van der Waals surface area contributed by atoms with Crippen LogP contribution < -0.4 is 10.2 Å². The third-order valence-electron chi connectivity index (χ3n) is 3.88. The first-order valence-electron chi connectivity index (χ1n) is 7.75. The highest BCUT2D eigenvalue weighted by molar-refractivity contribution is 6.31. The molecular formula is C17H27ClN2O. The summed E-state index contributed by atoms with van der Waals surface area (Å²) < 4.78 is 5.63. The van der Waals surface area contributed by atoms with Crippen LogP contribution in [0.5, 0.6) is 0 Å². The second kappa shape index (κ2) is 6.99. The van der Waals surface area contributed by atoms with Gasteiger partial charge in [-0.1, -0.05) is 31.5 Å². The maximum absolute atomic E-state index is 6.46. The van der Waals surface area contributed by atoms with Crippen molar-refractivity contribution in [3.05, 3.63) is 28.8 Å². The van der Waals surface area contributed by atoms with E-state index >= 15 is 0 Å². The van der Waals surface area contributed by atoms with E-state index in [2.05, 4.69) is 44.0 Å². The van der Waals surface area contributed by atoms with Crippen molar-refractivity contribution < 1.29 is 4.74 Å². The van der Waals surface area contributed by atoms with Gasteiger partial charge in [-0.25, -0.2) is 0 Å². The summed E-state index contributed by atoms with van der Waals surface area (Å²) in [6, 6.07) is 6.19. The second-order valence-corrected chi connectivity index (χ2v) is 7.19. The van der Waals surface area contributed by atoms with Crippen molar-refractivity contribution in [1.82, 2.24) is 5.32 Å². The molecule has 2 rings (SSSR count). The zero-order valence-electron chi connectivity index (χ0n) is 13.6. The maximum Gasteiger partial charge on any atom is 0.0694 e. The van der Waals surface area contributed by atoms with E-state index in [1.807, 2.05) is 12.1 Å². The van der Waals surface area contributed by atoms with Crippen molar-refractivity contribution in [3.63, 3.8) is 0 Å². The van der Waals surface area contributed by atoms with Crippen molar-refractivity contribution in [2.75, 3.05) is 31.2 Å². The molecule has 1 fully saturated rings. The maximum atomic E-state index is 6.46. The molecule has 21 heavy (non-hydrogen) atoms. The average molecular weight is 311 g/mol. The van der Waals surface area contributed by atoms with Gasteiger partial charge in [0.1, 0.15) is 0 Å². The molecule has 0 radical (unpaired) electrons. The molecule has 1 aromatic rings. The number of halogens is 1. The van der Waals surface area contributed by atoms with Gasteiger partial charge in [0.05, 0.1) is 18.8 Å². The Morgan fingerprint density at radius 2 is 2.14 bits per heavy atom. The Hall–Kier alpha value is -0.770. The van der Waals surface area contributed by atoms with Gasteiger partial charge < -0.3 is 15.0 Å². The lowest BCUT2D eigenvalue weighted by Gasteiger charge is -2.44. The highest BCUT2D eigenvalue weighted by atomic mass is 35.5. The zero-order chi connectivity index (χ0) is 15.5. The van der Waals surface area contributed by atoms with Crippen LogP contribution in [0.15, 0.2) is 18.2 Å². The molecule has 4 heteroatoms. The number of morpholine rings is 1. The fourth-order valence-electron chi connectivity index (χ4n) is 2.77. The third-order valence-corrected chi connectivity index (χ3v) is 4.24. The minimum Gasteiger partial charge on any atom is -0.377 e. The molecule has 0 saturated carbocycles. The van der Waals surface area contributed by atoms with Crippen molar-refractivity contribution in [2.45, 2.75) is 39.8 Å². The zero-order valence-corrected chi connectivity index (χ0v) is 14.3. The molecule has 0 spiro atoms. The van der Waals surface area contributed by atoms with Crippen molar-refractivity contribution in [3.8, 4) is 0 Å². The summed E-state index contributed by atoms with van der Waals surface area (Å²) in [5.41, 5.74) is 2.41. The van der Waals surface area contributed by atoms with Crippen LogP contribution in [0.3, 0.4) is 0 Å². The largest absolute Gasteiger partial charge is 0.377 e. The van der Waals surface area contributed by atoms with E-state index in [1.54, 1.807) is 0 Å². The Kier molecular flexibility index (Phi) is 5.53. The van der Waals surface area contributed by atoms with Crippen LogP contribution in [0.4, 0.5) is 5.69 Å². The topological polar surface area (TPSA) is 24.5 Å². The van der Waals surface area contributed by atoms with Crippen LogP contribution >= 0.6 is 11.6 Å². The number of nitrogens with zero attached hydrogens (tertiary/aromatic N) is 1. The average Bonchev–Trinajstić information content (AvgIpc) is 2.40. The number of nitrogens with one attached hydrogen (secondary N) is 1. The molecule has 1 heterocycles. The monoisotopic (exact) mass is 310 g/mol. The highest BCUT2D eigenvalue weighted by Gasteiger charge is 2.32. The normalized spacial score (nSPS) is 18.3. The minimum absolute atomic E-state index is 0.00424. The van der Waals surface area contributed by atoms with E-state index in [0.717, 1.165) is 37.9 Å². The van der Waals surface area contributed by atoms with E-state index in [0.29, 0.717) is 5.92 Å². The minimum atomic E-state index is -0.00424. The molecule has 3 nitrogen and oxygen atoms in total. The molecule has 1 aromatic carbocycles. The van der Waals surface area contributed by atoms with Crippen LogP contribution in [0.2, 0.25) is 5.02 Å². The Morgan fingerprint density at radius 1 is 1.38 bits per heavy atom. The smallest absolute Gasteiger partial charge is 0.0694 e. The number of rotatable bonds is 5. The predicted octanol–water partition coefficient (Wildman–Crippen LogP) is 3.70. The van der Waals surface area contributed by atoms with Crippen LogP contribution in [-0.4, -0.2) is 31.8 Å². The number of benzene rings is 1. The van der Waals surface area contributed by atoms with E-state index in [1.165, 1.54) is 11.3 Å². The van der Waals surface area contributed by atoms with Crippen molar-refractivity contribution in [2.24, 2.45) is 5.92 Å². The Labute approximate surface area is 133 Å². The summed E-state index contributed by atoms with van der Waals surface area (Å²) in [7, 11) is 0. The Bertz CT molecular complexity index is 474. The fourth-order valence-corrected chi connectivity index (χ4v) is 3.00. The van der Waals surface area contributed by atoms with Gasteiger partial charge in [0.15, 0.2) is 0 Å². The van der Waals surface area contributed by atoms with Crippen LogP contribution in [-0.2, 0) is 11.3 Å². The second-order valence-electron chi connectivity index (χ2n) is 6.78. The SMILES string of the molecule is CC(C)CNCc1c(Cl)cccc1N1CCOCC1(C)C. The fraction of sp³-hybridized carbons (Fsp3) is 0.647. The summed E-state index contributed by atoms with van der Waals surface area (Å²) in [6.45, 7) is 13.1. The third kappa shape index (κ3) is 4.12. The molecule has 0 atom stereocenters. The van der Waals surface area contributed by atoms with E-state index in [-0.39, 0.29) is 5.54 Å². The summed E-state index contributed by atoms with van der Waals surface area (Å²) in [5.74, 6) is 0.635. The van der Waals surface area contributed by atoms with Gasteiger partial charge in [0.25, 0.3) is 0 Å². The van der Waals surface area contributed by atoms with E-state index in [4.69, 9.17) is 16.3 Å². The van der Waals surface area contributed by atoms with Crippen molar-refractivity contribution in [1.29, 1.82) is 0 Å². The Morgan fingerprint density at radius 3 is 2.81 bits per heavy atom. The summed E-state index contributed by atoms with van der Waals surface area (Å²) in [6.07, 6.45) is 0. The van der Waals surface area contributed by atoms with Crippen LogP contribution in [0, 0.1) is 5.92 Å². The lowest BCUT2D eigenvalue weighted by atomic mass is 9.99. The molecule has 0 aliphatic carbocycles. The number of ether oxygens (including phenoxy) is 1. The van der Waals surface area contributed by atoms with Gasteiger partial charge in [-0.15, -0.1) is 0 Å². The quantitative estimate of drug-likeness (QED) is 0.897. The first-order chi connectivity index (χ1) is 9.92. The number of anilines is 1. The van der Waals surface area contributed by atoms with Gasteiger partial charge in [0.2, 0.25) is 0 Å². The van der Waals surface area contributed by atoms with Gasteiger partial charge in [-0.05, 0) is 38.4 Å². The molecule has 0 amide bonds. The van der Waals surface area contributed by atoms with Gasteiger partial charge in [-0.2, -0.15) is 0 Å². The number of hydrogen-bond donors (Lipinski definition) is 1. The first kappa shape index (κ1) is 16.6. The lowest BCUT2D eigenvalue weighted by Crippen LogP contribution is -2.53. The molecule has 1 N–H and O–H groups in total. The molecule has 1 saturated heterocycles. The van der Waals surface area contributed by atoms with Gasteiger partial charge in [0, 0.05) is 29.4 Å². The Balaban J connectivity index is 2.24. The first-order valence-corrected chi connectivity index (χ1v) is 8.13. The summed E-state index contributed by atoms with van der Waals surface area (Å²) in [5, 5.41) is 4.35. The van der Waals surface area contributed by atoms with E-state index < -0.39 is 0 Å². The van der Waals surface area contributed by atoms with Crippen LogP contribution in [0.1, 0.15) is 33.3 Å².